The molecule has 2 aromatic rings. The van der Waals surface area contributed by atoms with Gasteiger partial charge in [-0.25, -0.2) is 0 Å². The smallest absolute Gasteiger partial charge is 0.153 e. The molecule has 84 valence electrons. The molecule has 2 aromatic heterocycles. The van der Waals surface area contributed by atoms with Crippen LogP contribution in [0.25, 0.3) is 0 Å². The van der Waals surface area contributed by atoms with Gasteiger partial charge in [0, 0.05) is 18.1 Å². The number of carbonyl (C=O) groups excluding carboxylic acids is 1. The van der Waals surface area contributed by atoms with Gasteiger partial charge in [0.2, 0.25) is 0 Å². The molecule has 2 heterocycles. The summed E-state index contributed by atoms with van der Waals surface area (Å²) in [6.07, 6.45) is 4.52. The maximum atomic E-state index is 10.8. The van der Waals surface area contributed by atoms with Gasteiger partial charge in [-0.15, -0.1) is 0 Å². The molecule has 0 aliphatic rings. The summed E-state index contributed by atoms with van der Waals surface area (Å²) in [5.74, 6) is 0. The summed E-state index contributed by atoms with van der Waals surface area (Å²) in [4.78, 5) is 10.8. The second kappa shape index (κ2) is 4.30. The number of hydrogen-bond donors (Lipinski definition) is 0. The van der Waals surface area contributed by atoms with Crippen molar-refractivity contribution in [3.63, 3.8) is 0 Å². The highest BCUT2D eigenvalue weighted by molar-refractivity contribution is 5.77. The maximum Gasteiger partial charge on any atom is 0.153 e. The van der Waals surface area contributed by atoms with E-state index in [9.17, 15) is 4.79 Å². The Morgan fingerprint density at radius 1 is 1.38 bits per heavy atom. The Morgan fingerprint density at radius 2 is 2.19 bits per heavy atom. The Morgan fingerprint density at radius 3 is 2.75 bits per heavy atom. The van der Waals surface area contributed by atoms with Crippen molar-refractivity contribution >= 4 is 6.29 Å². The molecule has 0 atom stereocenters. The van der Waals surface area contributed by atoms with Crippen molar-refractivity contribution < 1.29 is 4.79 Å². The van der Waals surface area contributed by atoms with Crippen LogP contribution in [0, 0.1) is 13.8 Å². The Balaban J connectivity index is 2.13. The highest BCUT2D eigenvalue weighted by Crippen LogP contribution is 2.10. The minimum atomic E-state index is 0.695. The molecule has 0 amide bonds. The molecule has 5 heteroatoms. The quantitative estimate of drug-likeness (QED) is 0.725. The van der Waals surface area contributed by atoms with Gasteiger partial charge in [-0.1, -0.05) is 0 Å². The summed E-state index contributed by atoms with van der Waals surface area (Å²) in [7, 11) is 0. The number of aryl methyl sites for hydroxylation is 3. The third-order valence-electron chi connectivity index (χ3n) is 2.66. The highest BCUT2D eigenvalue weighted by atomic mass is 16.1. The van der Waals surface area contributed by atoms with E-state index in [1.807, 2.05) is 35.5 Å². The van der Waals surface area contributed by atoms with E-state index in [0.717, 1.165) is 30.8 Å². The molecule has 0 aliphatic carbocycles. The molecule has 2 rings (SSSR count). The van der Waals surface area contributed by atoms with E-state index in [2.05, 4.69) is 10.2 Å². The fraction of sp³-hybridized carbons (Fsp3) is 0.364. The number of aromatic nitrogens is 4. The average Bonchev–Trinajstić information content (AvgIpc) is 2.85. The molecule has 0 N–H and O–H groups in total. The summed E-state index contributed by atoms with van der Waals surface area (Å²) < 4.78 is 3.69. The largest absolute Gasteiger partial charge is 0.298 e. The van der Waals surface area contributed by atoms with Crippen LogP contribution in [-0.4, -0.2) is 25.8 Å². The third kappa shape index (κ3) is 1.88. The van der Waals surface area contributed by atoms with Gasteiger partial charge in [0.1, 0.15) is 0 Å². The van der Waals surface area contributed by atoms with E-state index >= 15 is 0 Å². The lowest BCUT2D eigenvalue weighted by Crippen LogP contribution is -2.10. The van der Waals surface area contributed by atoms with Crippen molar-refractivity contribution in [3.8, 4) is 0 Å². The molecular formula is C11H14N4O. The molecular weight excluding hydrogens is 204 g/mol. The van der Waals surface area contributed by atoms with Crippen LogP contribution in [0.5, 0.6) is 0 Å². The summed E-state index contributed by atoms with van der Waals surface area (Å²) in [6.45, 7) is 5.24. The predicted molar refractivity (Wildman–Crippen MR) is 59.3 cm³/mol. The van der Waals surface area contributed by atoms with Crippen LogP contribution in [0.1, 0.15) is 21.7 Å². The van der Waals surface area contributed by atoms with Crippen molar-refractivity contribution in [2.45, 2.75) is 26.9 Å². The first-order valence-electron chi connectivity index (χ1n) is 5.19. The van der Waals surface area contributed by atoms with Crippen LogP contribution < -0.4 is 0 Å². The van der Waals surface area contributed by atoms with Crippen molar-refractivity contribution in [2.24, 2.45) is 0 Å². The zero-order chi connectivity index (χ0) is 11.5. The minimum Gasteiger partial charge on any atom is -0.298 e. The second-order valence-corrected chi connectivity index (χ2v) is 3.69. The van der Waals surface area contributed by atoms with E-state index in [1.165, 1.54) is 0 Å². The van der Waals surface area contributed by atoms with Crippen molar-refractivity contribution in [2.75, 3.05) is 0 Å². The molecule has 0 bridgehead atoms. The molecule has 0 aromatic carbocycles. The van der Waals surface area contributed by atoms with Crippen LogP contribution in [0.2, 0.25) is 0 Å². The first-order valence-corrected chi connectivity index (χ1v) is 5.19. The predicted octanol–water partition coefficient (Wildman–Crippen LogP) is 1.21. The third-order valence-corrected chi connectivity index (χ3v) is 2.66. The molecule has 0 radical (unpaired) electrons. The fourth-order valence-electron chi connectivity index (χ4n) is 1.73. The monoisotopic (exact) mass is 218 g/mol. The van der Waals surface area contributed by atoms with Crippen LogP contribution in [0.4, 0.5) is 0 Å². The SMILES string of the molecule is Cc1nn(CCn2cccn2)c(C)c1C=O. The summed E-state index contributed by atoms with van der Waals surface area (Å²) in [6, 6.07) is 1.89. The average molecular weight is 218 g/mol. The Bertz CT molecular complexity index is 484. The van der Waals surface area contributed by atoms with E-state index in [1.54, 1.807) is 6.20 Å². The number of rotatable bonds is 4. The maximum absolute atomic E-state index is 10.8. The van der Waals surface area contributed by atoms with Gasteiger partial charge in [-0.05, 0) is 19.9 Å². The van der Waals surface area contributed by atoms with Gasteiger partial charge < -0.3 is 0 Å². The first kappa shape index (κ1) is 10.6. The van der Waals surface area contributed by atoms with Gasteiger partial charge in [-0.2, -0.15) is 10.2 Å². The van der Waals surface area contributed by atoms with Crippen molar-refractivity contribution in [3.05, 3.63) is 35.4 Å². The van der Waals surface area contributed by atoms with Crippen molar-refractivity contribution in [1.29, 1.82) is 0 Å². The first-order chi connectivity index (χ1) is 7.72. The van der Waals surface area contributed by atoms with E-state index in [4.69, 9.17) is 0 Å². The standard InChI is InChI=1S/C11H14N4O/c1-9-11(8-16)10(2)15(13-9)7-6-14-5-3-4-12-14/h3-5,8H,6-7H2,1-2H3. The molecule has 5 nitrogen and oxygen atoms in total. The lowest BCUT2D eigenvalue weighted by atomic mass is 10.2. The van der Waals surface area contributed by atoms with Gasteiger partial charge in [0.15, 0.2) is 6.29 Å². The normalized spacial score (nSPS) is 10.6. The molecule has 16 heavy (non-hydrogen) atoms. The molecule has 0 unspecified atom stereocenters. The highest BCUT2D eigenvalue weighted by Gasteiger charge is 2.09. The molecule has 0 saturated heterocycles. The van der Waals surface area contributed by atoms with Gasteiger partial charge in [0.05, 0.1) is 24.3 Å². The van der Waals surface area contributed by atoms with Gasteiger partial charge in [0.25, 0.3) is 0 Å². The molecule has 0 saturated carbocycles. The fourth-order valence-corrected chi connectivity index (χ4v) is 1.73. The number of aldehydes is 1. The summed E-state index contributed by atoms with van der Waals surface area (Å²) in [5, 5.41) is 8.44. The minimum absolute atomic E-state index is 0.695. The van der Waals surface area contributed by atoms with Crippen LogP contribution in [0.15, 0.2) is 18.5 Å². The Hall–Kier alpha value is -1.91. The second-order valence-electron chi connectivity index (χ2n) is 3.69. The number of nitrogens with zero attached hydrogens (tertiary/aromatic N) is 4. The molecule has 0 aliphatic heterocycles. The zero-order valence-corrected chi connectivity index (χ0v) is 9.42. The van der Waals surface area contributed by atoms with E-state index in [-0.39, 0.29) is 0 Å². The lowest BCUT2D eigenvalue weighted by Gasteiger charge is -2.04. The van der Waals surface area contributed by atoms with E-state index < -0.39 is 0 Å². The number of hydrogen-bond acceptors (Lipinski definition) is 3. The van der Waals surface area contributed by atoms with Gasteiger partial charge >= 0.3 is 0 Å². The van der Waals surface area contributed by atoms with Crippen LogP contribution in [0.3, 0.4) is 0 Å². The lowest BCUT2D eigenvalue weighted by molar-refractivity contribution is 0.112. The van der Waals surface area contributed by atoms with Crippen molar-refractivity contribution in [1.82, 2.24) is 19.6 Å². The zero-order valence-electron chi connectivity index (χ0n) is 9.42. The topological polar surface area (TPSA) is 52.7 Å². The van der Waals surface area contributed by atoms with Gasteiger partial charge in [-0.3, -0.25) is 14.2 Å². The van der Waals surface area contributed by atoms with E-state index in [0.29, 0.717) is 5.56 Å². The number of carbonyl (C=O) groups is 1. The molecule has 0 spiro atoms. The summed E-state index contributed by atoms with van der Waals surface area (Å²) in [5.41, 5.74) is 2.40. The Kier molecular flexibility index (Phi) is 2.85. The Labute approximate surface area is 93.7 Å². The summed E-state index contributed by atoms with van der Waals surface area (Å²) >= 11 is 0. The van der Waals surface area contributed by atoms with Crippen LogP contribution >= 0.6 is 0 Å². The van der Waals surface area contributed by atoms with Crippen LogP contribution in [-0.2, 0) is 13.1 Å². The molecule has 0 fully saturated rings.